The Hall–Kier alpha value is -0.930. The van der Waals surface area contributed by atoms with E-state index in [1.54, 1.807) is 26.0 Å². The largest absolute Gasteiger partial charge is 0.489 e. The number of hydrogen-bond donors (Lipinski definition) is 1. The number of benzene rings is 1. The fraction of sp³-hybridized carbons (Fsp3) is 0.571. The smallest absolute Gasteiger partial charge is 0.162 e. The predicted octanol–water partition coefficient (Wildman–Crippen LogP) is 3.36. The Labute approximate surface area is 113 Å². The number of rotatable bonds is 1. The highest BCUT2D eigenvalue weighted by atomic mass is 35.5. The molecule has 0 saturated heterocycles. The Balaban J connectivity index is 2.42. The minimum Gasteiger partial charge on any atom is -0.489 e. The molecule has 1 aliphatic heterocycles. The van der Waals surface area contributed by atoms with E-state index in [2.05, 4.69) is 13.8 Å². The molecule has 0 atom stereocenters. The quantitative estimate of drug-likeness (QED) is 0.850. The first-order valence-corrected chi connectivity index (χ1v) is 6.39. The van der Waals surface area contributed by atoms with Gasteiger partial charge in [-0.1, -0.05) is 25.4 Å². The minimum atomic E-state index is -1.00. The van der Waals surface area contributed by atoms with Gasteiger partial charge in [0.05, 0.1) is 23.8 Å². The third-order valence-corrected chi connectivity index (χ3v) is 3.24. The normalized spacial score (nSPS) is 18.3. The monoisotopic (exact) mass is 270 g/mol. The summed E-state index contributed by atoms with van der Waals surface area (Å²) in [7, 11) is 0. The molecule has 0 aliphatic carbocycles. The Morgan fingerprint density at radius 3 is 2.17 bits per heavy atom. The van der Waals surface area contributed by atoms with Crippen molar-refractivity contribution in [2.24, 2.45) is 5.41 Å². The zero-order chi connectivity index (χ0) is 13.6. The molecule has 1 aromatic carbocycles. The summed E-state index contributed by atoms with van der Waals surface area (Å²) in [6, 6.07) is 3.48. The van der Waals surface area contributed by atoms with E-state index < -0.39 is 5.60 Å². The predicted molar refractivity (Wildman–Crippen MR) is 71.5 cm³/mol. The molecule has 0 spiro atoms. The van der Waals surface area contributed by atoms with E-state index in [1.807, 2.05) is 0 Å². The van der Waals surface area contributed by atoms with Gasteiger partial charge in [-0.05, 0) is 19.9 Å². The molecule has 0 bridgehead atoms. The van der Waals surface area contributed by atoms with E-state index in [4.69, 9.17) is 21.1 Å². The molecule has 1 N–H and O–H groups in total. The van der Waals surface area contributed by atoms with Gasteiger partial charge < -0.3 is 14.6 Å². The summed E-state index contributed by atoms with van der Waals surface area (Å²) in [4.78, 5) is 0. The highest BCUT2D eigenvalue weighted by molar-refractivity contribution is 6.31. The van der Waals surface area contributed by atoms with Gasteiger partial charge in [0, 0.05) is 17.0 Å². The first-order valence-electron chi connectivity index (χ1n) is 6.01. The molecule has 0 aromatic heterocycles. The fourth-order valence-corrected chi connectivity index (χ4v) is 2.20. The summed E-state index contributed by atoms with van der Waals surface area (Å²) in [5, 5.41) is 10.6. The second-order valence-corrected chi connectivity index (χ2v) is 6.49. The third kappa shape index (κ3) is 2.73. The van der Waals surface area contributed by atoms with Gasteiger partial charge in [0.25, 0.3) is 0 Å². The Bertz CT molecular complexity index is 461. The average Bonchev–Trinajstić information content (AvgIpc) is 2.36. The molecule has 1 aliphatic rings. The summed E-state index contributed by atoms with van der Waals surface area (Å²) >= 11 is 6.17. The van der Waals surface area contributed by atoms with Crippen LogP contribution < -0.4 is 9.47 Å². The summed E-state index contributed by atoms with van der Waals surface area (Å²) in [6.07, 6.45) is 0. The Morgan fingerprint density at radius 1 is 1.17 bits per heavy atom. The van der Waals surface area contributed by atoms with Crippen LogP contribution >= 0.6 is 11.6 Å². The second kappa shape index (κ2) is 4.32. The molecule has 4 heteroatoms. The zero-order valence-electron chi connectivity index (χ0n) is 11.2. The lowest BCUT2D eigenvalue weighted by Crippen LogP contribution is -2.26. The van der Waals surface area contributed by atoms with Crippen LogP contribution in [0.1, 0.15) is 33.3 Å². The highest BCUT2D eigenvalue weighted by Crippen LogP contribution is 2.40. The van der Waals surface area contributed by atoms with E-state index in [0.717, 1.165) is 0 Å². The van der Waals surface area contributed by atoms with Gasteiger partial charge in [0.15, 0.2) is 11.5 Å². The molecule has 1 heterocycles. The van der Waals surface area contributed by atoms with Crippen molar-refractivity contribution in [3.8, 4) is 11.5 Å². The summed E-state index contributed by atoms with van der Waals surface area (Å²) in [5.74, 6) is 1.28. The van der Waals surface area contributed by atoms with Crippen molar-refractivity contribution in [3.63, 3.8) is 0 Å². The lowest BCUT2D eigenvalue weighted by molar-refractivity contribution is 0.0783. The Kier molecular flexibility index (Phi) is 3.24. The third-order valence-electron chi connectivity index (χ3n) is 2.93. The minimum absolute atomic E-state index is 0.0413. The fourth-order valence-electron chi connectivity index (χ4n) is 1.82. The molecular formula is C14H19ClO3. The maximum Gasteiger partial charge on any atom is 0.162 e. The number of hydrogen-bond acceptors (Lipinski definition) is 3. The van der Waals surface area contributed by atoms with Crippen LogP contribution in [0.25, 0.3) is 0 Å². The van der Waals surface area contributed by atoms with E-state index in [9.17, 15) is 5.11 Å². The van der Waals surface area contributed by atoms with E-state index in [-0.39, 0.29) is 5.41 Å². The molecular weight excluding hydrogens is 252 g/mol. The van der Waals surface area contributed by atoms with Crippen molar-refractivity contribution in [2.75, 3.05) is 13.2 Å². The molecule has 0 radical (unpaired) electrons. The molecule has 0 amide bonds. The van der Waals surface area contributed by atoms with Crippen molar-refractivity contribution in [3.05, 3.63) is 22.7 Å². The van der Waals surface area contributed by atoms with Crippen LogP contribution in [-0.2, 0) is 5.60 Å². The number of fused-ring (bicyclic) bond motifs is 1. The number of aliphatic hydroxyl groups is 1. The molecule has 0 unspecified atom stereocenters. The Morgan fingerprint density at radius 2 is 1.67 bits per heavy atom. The molecule has 100 valence electrons. The summed E-state index contributed by atoms with van der Waals surface area (Å²) in [5.41, 5.74) is -0.399. The molecule has 18 heavy (non-hydrogen) atoms. The molecule has 0 fully saturated rings. The van der Waals surface area contributed by atoms with Crippen LogP contribution in [0.2, 0.25) is 5.02 Å². The summed E-state index contributed by atoms with van der Waals surface area (Å²) < 4.78 is 11.5. The van der Waals surface area contributed by atoms with Crippen LogP contribution in [0.3, 0.4) is 0 Å². The van der Waals surface area contributed by atoms with Crippen molar-refractivity contribution in [1.82, 2.24) is 0 Å². The molecule has 0 saturated carbocycles. The first-order chi connectivity index (χ1) is 8.19. The highest BCUT2D eigenvalue weighted by Gasteiger charge is 2.28. The lowest BCUT2D eigenvalue weighted by Gasteiger charge is -2.21. The van der Waals surface area contributed by atoms with Crippen molar-refractivity contribution in [2.45, 2.75) is 33.3 Å². The van der Waals surface area contributed by atoms with Gasteiger partial charge in [-0.3, -0.25) is 0 Å². The maximum atomic E-state index is 10.1. The van der Waals surface area contributed by atoms with Gasteiger partial charge in [-0.15, -0.1) is 0 Å². The first kappa shape index (κ1) is 13.5. The molecule has 3 nitrogen and oxygen atoms in total. The van der Waals surface area contributed by atoms with Gasteiger partial charge >= 0.3 is 0 Å². The average molecular weight is 271 g/mol. The van der Waals surface area contributed by atoms with E-state index in [1.165, 1.54) is 0 Å². The number of halogens is 1. The molecule has 2 rings (SSSR count). The van der Waals surface area contributed by atoms with Crippen LogP contribution in [0, 0.1) is 5.41 Å². The standard InChI is InChI=1S/C14H19ClO3/c1-13(2)7-17-11-5-9(14(3,4)16)10(15)6-12(11)18-8-13/h5-6,16H,7-8H2,1-4H3. The van der Waals surface area contributed by atoms with Crippen LogP contribution in [-0.4, -0.2) is 18.3 Å². The maximum absolute atomic E-state index is 10.1. The van der Waals surface area contributed by atoms with Gasteiger partial charge in [0.1, 0.15) is 0 Å². The van der Waals surface area contributed by atoms with Crippen molar-refractivity contribution in [1.29, 1.82) is 0 Å². The topological polar surface area (TPSA) is 38.7 Å². The second-order valence-electron chi connectivity index (χ2n) is 6.08. The van der Waals surface area contributed by atoms with E-state index >= 15 is 0 Å². The SMILES string of the molecule is CC1(C)COc2cc(Cl)c(C(C)(C)O)cc2OC1. The lowest BCUT2D eigenvalue weighted by atomic mass is 9.97. The van der Waals surface area contributed by atoms with Crippen molar-refractivity contribution < 1.29 is 14.6 Å². The van der Waals surface area contributed by atoms with Gasteiger partial charge in [-0.2, -0.15) is 0 Å². The molecule has 1 aromatic rings. The van der Waals surface area contributed by atoms with Crippen molar-refractivity contribution >= 4 is 11.6 Å². The van der Waals surface area contributed by atoms with Crippen LogP contribution in [0.4, 0.5) is 0 Å². The van der Waals surface area contributed by atoms with Gasteiger partial charge in [0.2, 0.25) is 0 Å². The summed E-state index contributed by atoms with van der Waals surface area (Å²) in [6.45, 7) is 8.71. The van der Waals surface area contributed by atoms with Gasteiger partial charge in [-0.25, -0.2) is 0 Å². The number of ether oxygens (including phenoxy) is 2. The van der Waals surface area contributed by atoms with E-state index in [0.29, 0.717) is 35.3 Å². The van der Waals surface area contributed by atoms with Crippen LogP contribution in [0.5, 0.6) is 11.5 Å². The van der Waals surface area contributed by atoms with Crippen LogP contribution in [0.15, 0.2) is 12.1 Å². The zero-order valence-corrected chi connectivity index (χ0v) is 12.0.